The Hall–Kier alpha value is -5.40. The topological polar surface area (TPSA) is 127 Å². The summed E-state index contributed by atoms with van der Waals surface area (Å²) in [7, 11) is 0. The molecule has 2 N–H and O–H groups in total. The summed E-state index contributed by atoms with van der Waals surface area (Å²) in [5, 5.41) is 7.41. The number of benzene rings is 2. The third kappa shape index (κ3) is 8.34. The Morgan fingerprint density at radius 2 is 1.20 bits per heavy atom. The van der Waals surface area contributed by atoms with Gasteiger partial charge >= 0.3 is 12.2 Å². The first-order valence-electron chi connectivity index (χ1n) is 21.3. The van der Waals surface area contributed by atoms with Gasteiger partial charge in [-0.25, -0.2) is 18.4 Å². The standard InChI is InChI=1S/C46H56F2N6O6/c1-45(2,3)59-43(57)49-35-13-7-8-14-36(50-44(58)60-46(4,5)6)42(56)52-18-10-12-31(52)25-34-32-16-15-28(47)23-37(32)54-20-19-53-38-24-29(48)21-27(33(38)26-39(53)40(34)54)22-30-11-9-17-51(30)41(35)55/h7-8,15-16,21,23-24,26,30-31,35-36H,9-14,17-20,22,25H2,1-6H3,(H,49,57)(H,50,58)/t30-,31-,35-,36-/m0/s1. The van der Waals surface area contributed by atoms with Gasteiger partial charge in [-0.3, -0.25) is 9.59 Å². The van der Waals surface area contributed by atoms with Gasteiger partial charge in [0.2, 0.25) is 11.8 Å². The molecular formula is C46H56F2N6O6. The van der Waals surface area contributed by atoms with Crippen molar-refractivity contribution in [2.75, 3.05) is 13.1 Å². The molecule has 0 spiro atoms. The van der Waals surface area contributed by atoms with Crippen molar-refractivity contribution in [3.8, 4) is 11.4 Å². The van der Waals surface area contributed by atoms with Crippen LogP contribution in [-0.2, 0) is 45.0 Å². The molecule has 14 heteroatoms. The molecule has 0 radical (unpaired) electrons. The quantitative estimate of drug-likeness (QED) is 0.199. The molecular weight excluding hydrogens is 771 g/mol. The SMILES string of the molecule is CC(C)(C)OC(=O)N[C@H]1CC=CC[C@H](NC(=O)OC(C)(C)C)C(=O)N2CCC[C@H]2Cc2c3n(c4cc(F)ccc24)CCn2c-3cc3c(cc(F)cc32)C[C@@H]2CCCN2C1=O. The molecule has 2 saturated heterocycles. The van der Waals surface area contributed by atoms with Crippen LogP contribution in [0.5, 0.6) is 0 Å². The summed E-state index contributed by atoms with van der Waals surface area (Å²) in [6, 6.07) is 7.63. The summed E-state index contributed by atoms with van der Waals surface area (Å²) in [5.41, 5.74) is 3.49. The molecule has 12 nitrogen and oxygen atoms in total. The van der Waals surface area contributed by atoms with Crippen LogP contribution >= 0.6 is 0 Å². The highest BCUT2D eigenvalue weighted by molar-refractivity contribution is 5.97. The van der Waals surface area contributed by atoms with Crippen LogP contribution in [0.15, 0.2) is 48.6 Å². The third-order valence-corrected chi connectivity index (χ3v) is 12.1. The van der Waals surface area contributed by atoms with Gasteiger partial charge in [0.25, 0.3) is 0 Å². The van der Waals surface area contributed by atoms with E-state index >= 15 is 4.39 Å². The smallest absolute Gasteiger partial charge is 0.408 e. The zero-order chi connectivity index (χ0) is 42.7. The molecule has 0 saturated carbocycles. The minimum Gasteiger partial charge on any atom is -0.444 e. The Balaban J connectivity index is 1.25. The fourth-order valence-electron chi connectivity index (χ4n) is 9.70. The maximum absolute atomic E-state index is 15.7. The molecule has 2 aromatic carbocycles. The highest BCUT2D eigenvalue weighted by Gasteiger charge is 2.38. The first-order chi connectivity index (χ1) is 28.4. The van der Waals surface area contributed by atoms with Crippen LogP contribution in [-0.4, -0.2) is 91.4 Å². The van der Waals surface area contributed by atoms with Gasteiger partial charge in [-0.1, -0.05) is 12.2 Å². The van der Waals surface area contributed by atoms with Crippen molar-refractivity contribution in [3.63, 3.8) is 0 Å². The number of aromatic nitrogens is 2. The normalized spacial score (nSPS) is 22.6. The number of aryl methyl sites for hydroxylation is 2. The lowest BCUT2D eigenvalue weighted by molar-refractivity contribution is -0.135. The van der Waals surface area contributed by atoms with Crippen molar-refractivity contribution >= 4 is 45.8 Å². The molecule has 4 atom stereocenters. The molecule has 4 aliphatic rings. The van der Waals surface area contributed by atoms with Crippen molar-refractivity contribution in [1.82, 2.24) is 29.6 Å². The van der Waals surface area contributed by atoms with E-state index in [4.69, 9.17) is 9.47 Å². The summed E-state index contributed by atoms with van der Waals surface area (Å²) in [4.78, 5) is 59.1. The molecule has 6 heterocycles. The van der Waals surface area contributed by atoms with Crippen LogP contribution in [0.2, 0.25) is 0 Å². The zero-order valence-electron chi connectivity index (χ0n) is 35.4. The van der Waals surface area contributed by atoms with E-state index < -0.39 is 35.5 Å². The first kappa shape index (κ1) is 41.3. The molecule has 2 bridgehead atoms. The average Bonchev–Trinajstić information content (AvgIpc) is 3.95. The number of ether oxygens (including phenoxy) is 2. The van der Waals surface area contributed by atoms with E-state index in [9.17, 15) is 23.6 Å². The highest BCUT2D eigenvalue weighted by atomic mass is 19.1. The Bertz CT molecular complexity index is 2390. The molecule has 8 rings (SSSR count). The molecule has 2 aromatic heterocycles. The van der Waals surface area contributed by atoms with Gasteiger partial charge in [0, 0.05) is 49.0 Å². The van der Waals surface area contributed by atoms with Crippen LogP contribution in [0.1, 0.15) is 91.2 Å². The summed E-state index contributed by atoms with van der Waals surface area (Å²) in [6.07, 6.45) is 6.09. The highest BCUT2D eigenvalue weighted by Crippen LogP contribution is 2.43. The number of hydrogen-bond donors (Lipinski definition) is 2. The maximum Gasteiger partial charge on any atom is 0.408 e. The molecule has 0 aliphatic carbocycles. The molecule has 320 valence electrons. The van der Waals surface area contributed by atoms with E-state index in [1.807, 2.05) is 11.0 Å². The number of alkyl carbamates (subject to hydrolysis) is 2. The van der Waals surface area contributed by atoms with Crippen molar-refractivity contribution in [1.29, 1.82) is 0 Å². The fourth-order valence-corrected chi connectivity index (χ4v) is 9.70. The van der Waals surface area contributed by atoms with E-state index in [1.165, 1.54) is 6.07 Å². The summed E-state index contributed by atoms with van der Waals surface area (Å²) in [6.45, 7) is 12.5. The minimum atomic E-state index is -0.988. The fraction of sp³-hybridized carbons (Fsp3) is 0.522. The van der Waals surface area contributed by atoms with Gasteiger partial charge in [-0.2, -0.15) is 0 Å². The summed E-state index contributed by atoms with van der Waals surface area (Å²) < 4.78 is 46.1. The van der Waals surface area contributed by atoms with Crippen LogP contribution in [0, 0.1) is 11.6 Å². The van der Waals surface area contributed by atoms with E-state index in [2.05, 4.69) is 25.8 Å². The molecule has 2 fully saturated rings. The van der Waals surface area contributed by atoms with E-state index in [-0.39, 0.29) is 48.4 Å². The number of amides is 4. The monoisotopic (exact) mass is 826 g/mol. The number of nitrogens with one attached hydrogen (secondary N) is 2. The van der Waals surface area contributed by atoms with E-state index in [0.717, 1.165) is 63.6 Å². The average molecular weight is 827 g/mol. The van der Waals surface area contributed by atoms with Gasteiger partial charge in [0.05, 0.1) is 22.4 Å². The number of hydrogen-bond acceptors (Lipinski definition) is 6. The Labute approximate surface area is 349 Å². The maximum atomic E-state index is 15.7. The Kier molecular flexibility index (Phi) is 10.9. The van der Waals surface area contributed by atoms with Crippen molar-refractivity contribution in [3.05, 3.63) is 71.3 Å². The molecule has 0 unspecified atom stereocenters. The third-order valence-electron chi connectivity index (χ3n) is 12.1. The molecule has 4 amide bonds. The summed E-state index contributed by atoms with van der Waals surface area (Å²) in [5.74, 6) is -1.26. The number of carbonyl (C=O) groups excluding carboxylic acids is 4. The van der Waals surface area contributed by atoms with Gasteiger partial charge in [0.1, 0.15) is 34.9 Å². The molecule has 4 aliphatic heterocycles. The predicted molar refractivity (Wildman–Crippen MR) is 224 cm³/mol. The Morgan fingerprint density at radius 3 is 1.78 bits per heavy atom. The Morgan fingerprint density at radius 1 is 0.667 bits per heavy atom. The number of rotatable bonds is 2. The van der Waals surface area contributed by atoms with Crippen LogP contribution in [0.25, 0.3) is 33.2 Å². The predicted octanol–water partition coefficient (Wildman–Crippen LogP) is 7.76. The van der Waals surface area contributed by atoms with Crippen molar-refractivity contribution < 1.29 is 37.4 Å². The van der Waals surface area contributed by atoms with Gasteiger partial charge in [-0.05, 0) is 140 Å². The second-order valence-electron chi connectivity index (χ2n) is 18.7. The molecule has 60 heavy (non-hydrogen) atoms. The number of halogens is 2. The van der Waals surface area contributed by atoms with Gasteiger partial charge in [0.15, 0.2) is 0 Å². The lowest BCUT2D eigenvalue weighted by Gasteiger charge is -2.30. The molecule has 4 aromatic rings. The largest absolute Gasteiger partial charge is 0.444 e. The van der Waals surface area contributed by atoms with Gasteiger partial charge < -0.3 is 39.0 Å². The number of nitrogens with zero attached hydrogens (tertiary/aromatic N) is 4. The number of carbonyl (C=O) groups is 4. The van der Waals surface area contributed by atoms with Crippen LogP contribution < -0.4 is 10.6 Å². The second kappa shape index (κ2) is 15.9. The van der Waals surface area contributed by atoms with Crippen LogP contribution in [0.4, 0.5) is 18.4 Å². The zero-order valence-corrected chi connectivity index (χ0v) is 35.4. The first-order valence-corrected chi connectivity index (χ1v) is 21.3. The van der Waals surface area contributed by atoms with Gasteiger partial charge in [-0.15, -0.1) is 0 Å². The lowest BCUT2D eigenvalue weighted by atomic mass is 9.97. The van der Waals surface area contributed by atoms with E-state index in [1.54, 1.807) is 76.8 Å². The number of fused-ring (bicyclic) bond motifs is 6. The van der Waals surface area contributed by atoms with E-state index in [0.29, 0.717) is 45.4 Å². The van der Waals surface area contributed by atoms with Crippen molar-refractivity contribution in [2.24, 2.45) is 0 Å². The lowest BCUT2D eigenvalue weighted by Crippen LogP contribution is -2.51. The van der Waals surface area contributed by atoms with Crippen LogP contribution in [0.3, 0.4) is 0 Å². The van der Waals surface area contributed by atoms with Crippen molar-refractivity contribution in [2.45, 2.75) is 141 Å². The summed E-state index contributed by atoms with van der Waals surface area (Å²) >= 11 is 0. The second-order valence-corrected chi connectivity index (χ2v) is 18.7. The minimum absolute atomic E-state index is 0.102.